The highest BCUT2D eigenvalue weighted by Gasteiger charge is 2.31. The van der Waals surface area contributed by atoms with Crippen molar-refractivity contribution in [2.75, 3.05) is 18.4 Å². The molecule has 1 saturated heterocycles. The summed E-state index contributed by atoms with van der Waals surface area (Å²) >= 11 is 0. The van der Waals surface area contributed by atoms with Gasteiger partial charge < -0.3 is 21.1 Å². The van der Waals surface area contributed by atoms with Crippen LogP contribution in [0.5, 0.6) is 0 Å². The number of primary amides is 1. The van der Waals surface area contributed by atoms with Crippen molar-refractivity contribution < 1.29 is 19.5 Å². The summed E-state index contributed by atoms with van der Waals surface area (Å²) in [5.74, 6) is -1.88. The summed E-state index contributed by atoms with van der Waals surface area (Å²) in [5, 5.41) is 11.9. The van der Waals surface area contributed by atoms with Crippen LogP contribution >= 0.6 is 0 Å². The molecule has 3 amide bonds. The summed E-state index contributed by atoms with van der Waals surface area (Å²) < 4.78 is 0. The molecule has 0 aliphatic carbocycles. The lowest BCUT2D eigenvalue weighted by atomic mass is 9.91. The molecule has 1 aliphatic rings. The van der Waals surface area contributed by atoms with Gasteiger partial charge in [-0.2, -0.15) is 0 Å². The van der Waals surface area contributed by atoms with Crippen molar-refractivity contribution in [3.8, 4) is 0 Å². The molecule has 23 heavy (non-hydrogen) atoms. The predicted octanol–water partition coefficient (Wildman–Crippen LogP) is 1.67. The zero-order valence-electron chi connectivity index (χ0n) is 13.2. The van der Waals surface area contributed by atoms with Crippen LogP contribution in [0.4, 0.5) is 10.5 Å². The van der Waals surface area contributed by atoms with Gasteiger partial charge in [-0.1, -0.05) is 13.0 Å². The number of carboxylic acids is 1. The van der Waals surface area contributed by atoms with Gasteiger partial charge in [0, 0.05) is 24.3 Å². The minimum absolute atomic E-state index is 0.120. The number of anilines is 1. The molecule has 0 saturated carbocycles. The molecule has 7 nitrogen and oxygen atoms in total. The van der Waals surface area contributed by atoms with E-state index < -0.39 is 17.8 Å². The normalized spacial score (nSPS) is 20.9. The highest BCUT2D eigenvalue weighted by atomic mass is 16.4. The number of hydrogen-bond acceptors (Lipinski definition) is 3. The van der Waals surface area contributed by atoms with E-state index in [1.165, 1.54) is 11.0 Å². The second-order valence-corrected chi connectivity index (χ2v) is 6.11. The van der Waals surface area contributed by atoms with E-state index in [0.717, 1.165) is 5.56 Å². The molecule has 0 radical (unpaired) electrons. The number of aryl methyl sites for hydroxylation is 1. The van der Waals surface area contributed by atoms with Crippen molar-refractivity contribution in [2.24, 2.45) is 17.6 Å². The van der Waals surface area contributed by atoms with Crippen LogP contribution < -0.4 is 11.1 Å². The molecule has 0 aromatic heterocycles. The van der Waals surface area contributed by atoms with E-state index in [-0.39, 0.29) is 18.5 Å². The fraction of sp³-hybridized carbons (Fsp3) is 0.438. The Bertz CT molecular complexity index is 644. The number of nitrogens with two attached hydrogens (primary N) is 1. The number of piperidine rings is 1. The molecule has 7 heteroatoms. The lowest BCUT2D eigenvalue weighted by Gasteiger charge is -2.34. The lowest BCUT2D eigenvalue weighted by Crippen LogP contribution is -2.47. The van der Waals surface area contributed by atoms with Crippen molar-refractivity contribution in [2.45, 2.75) is 20.3 Å². The summed E-state index contributed by atoms with van der Waals surface area (Å²) in [5.41, 5.74) is 6.83. The molecule has 1 aromatic carbocycles. The summed E-state index contributed by atoms with van der Waals surface area (Å²) in [6, 6.07) is 4.54. The lowest BCUT2D eigenvalue weighted by molar-refractivity contribution is -0.143. The number of rotatable bonds is 3. The Balaban J connectivity index is 2.11. The van der Waals surface area contributed by atoms with Gasteiger partial charge in [0.1, 0.15) is 0 Å². The van der Waals surface area contributed by atoms with Gasteiger partial charge in [0.25, 0.3) is 0 Å². The van der Waals surface area contributed by atoms with Crippen LogP contribution in [0.2, 0.25) is 0 Å². The molecule has 4 N–H and O–H groups in total. The van der Waals surface area contributed by atoms with Crippen LogP contribution in [0.25, 0.3) is 0 Å². The first-order valence-corrected chi connectivity index (χ1v) is 7.47. The molecule has 2 atom stereocenters. The van der Waals surface area contributed by atoms with Crippen LogP contribution in [0.3, 0.4) is 0 Å². The second kappa shape index (κ2) is 6.68. The molecule has 1 heterocycles. The molecule has 124 valence electrons. The molecule has 1 fully saturated rings. The molecule has 2 unspecified atom stereocenters. The Hall–Kier alpha value is -2.57. The molecule has 1 aromatic rings. The van der Waals surface area contributed by atoms with E-state index in [2.05, 4.69) is 5.32 Å². The van der Waals surface area contributed by atoms with Gasteiger partial charge in [-0.15, -0.1) is 0 Å². The maximum atomic E-state index is 12.4. The van der Waals surface area contributed by atoms with Gasteiger partial charge in [0.15, 0.2) is 0 Å². The molecule has 0 spiro atoms. The van der Waals surface area contributed by atoms with Gasteiger partial charge >= 0.3 is 12.0 Å². The Morgan fingerprint density at radius 2 is 2.00 bits per heavy atom. The SMILES string of the molecule is Cc1ccc(NC(=O)N2CC(C)CC(C(=O)O)C2)cc1C(N)=O. The minimum atomic E-state index is -0.888. The van der Waals surface area contributed by atoms with E-state index in [1.807, 2.05) is 6.92 Å². The maximum absolute atomic E-state index is 12.4. The van der Waals surface area contributed by atoms with Crippen molar-refractivity contribution in [3.63, 3.8) is 0 Å². The summed E-state index contributed by atoms with van der Waals surface area (Å²) in [7, 11) is 0. The van der Waals surface area contributed by atoms with Gasteiger partial charge in [-0.3, -0.25) is 9.59 Å². The number of carbonyl (C=O) groups excluding carboxylic acids is 2. The summed E-state index contributed by atoms with van der Waals surface area (Å²) in [6.07, 6.45) is 0.565. The first-order valence-electron chi connectivity index (χ1n) is 7.47. The number of aliphatic carboxylic acids is 1. The minimum Gasteiger partial charge on any atom is -0.481 e. The fourth-order valence-electron chi connectivity index (χ4n) is 2.86. The second-order valence-electron chi connectivity index (χ2n) is 6.11. The van der Waals surface area contributed by atoms with Crippen molar-refractivity contribution >= 4 is 23.6 Å². The average molecular weight is 319 g/mol. The average Bonchev–Trinajstić information content (AvgIpc) is 2.48. The van der Waals surface area contributed by atoms with E-state index >= 15 is 0 Å². The molecule has 2 rings (SSSR count). The van der Waals surface area contributed by atoms with E-state index in [0.29, 0.717) is 24.2 Å². The number of carbonyl (C=O) groups is 3. The summed E-state index contributed by atoms with van der Waals surface area (Å²) in [4.78, 5) is 36.4. The quantitative estimate of drug-likeness (QED) is 0.786. The van der Waals surface area contributed by atoms with E-state index in [1.54, 1.807) is 19.1 Å². The molecule has 1 aliphatic heterocycles. The van der Waals surface area contributed by atoms with Gasteiger partial charge in [-0.05, 0) is 37.0 Å². The van der Waals surface area contributed by atoms with Crippen LogP contribution in [0.1, 0.15) is 29.3 Å². The third kappa shape index (κ3) is 4.00. The third-order valence-electron chi connectivity index (χ3n) is 4.05. The van der Waals surface area contributed by atoms with Crippen molar-refractivity contribution in [1.82, 2.24) is 4.90 Å². The highest BCUT2D eigenvalue weighted by Crippen LogP contribution is 2.23. The van der Waals surface area contributed by atoms with Crippen LogP contribution in [-0.2, 0) is 4.79 Å². The maximum Gasteiger partial charge on any atom is 0.321 e. The number of hydrogen-bond donors (Lipinski definition) is 3. The first kappa shape index (κ1) is 16.8. The fourth-order valence-corrected chi connectivity index (χ4v) is 2.86. The number of amides is 3. The molecule has 0 bridgehead atoms. The summed E-state index contributed by atoms with van der Waals surface area (Å²) in [6.45, 7) is 4.37. The van der Waals surface area contributed by atoms with Gasteiger partial charge in [-0.25, -0.2) is 4.79 Å². The number of urea groups is 1. The molecular formula is C16H21N3O4. The topological polar surface area (TPSA) is 113 Å². The van der Waals surface area contributed by atoms with Crippen LogP contribution in [0.15, 0.2) is 18.2 Å². The highest BCUT2D eigenvalue weighted by molar-refractivity contribution is 5.97. The van der Waals surface area contributed by atoms with Gasteiger partial charge in [0.2, 0.25) is 5.91 Å². The first-order chi connectivity index (χ1) is 10.8. The molecular weight excluding hydrogens is 298 g/mol. The van der Waals surface area contributed by atoms with Crippen LogP contribution in [-0.4, -0.2) is 41.0 Å². The number of nitrogens with one attached hydrogen (secondary N) is 1. The standard InChI is InChI=1S/C16H21N3O4/c1-9-5-11(15(21)22)8-19(7-9)16(23)18-12-4-3-10(2)13(6-12)14(17)20/h3-4,6,9,11H,5,7-8H2,1-2H3,(H2,17,20)(H,18,23)(H,21,22). The monoisotopic (exact) mass is 319 g/mol. The number of benzene rings is 1. The van der Waals surface area contributed by atoms with Gasteiger partial charge in [0.05, 0.1) is 5.92 Å². The van der Waals surface area contributed by atoms with E-state index in [4.69, 9.17) is 10.8 Å². The zero-order chi connectivity index (χ0) is 17.1. The number of likely N-dealkylation sites (tertiary alicyclic amines) is 1. The Kier molecular flexibility index (Phi) is 4.88. The smallest absolute Gasteiger partial charge is 0.321 e. The van der Waals surface area contributed by atoms with Crippen molar-refractivity contribution in [3.05, 3.63) is 29.3 Å². The van der Waals surface area contributed by atoms with Crippen molar-refractivity contribution in [1.29, 1.82) is 0 Å². The largest absolute Gasteiger partial charge is 0.481 e. The third-order valence-corrected chi connectivity index (χ3v) is 4.05. The zero-order valence-corrected chi connectivity index (χ0v) is 13.2. The van der Waals surface area contributed by atoms with Crippen LogP contribution in [0, 0.1) is 18.8 Å². The number of nitrogens with zero attached hydrogens (tertiary/aromatic N) is 1. The number of carboxylic acid groups (broad SMARTS) is 1. The Morgan fingerprint density at radius 1 is 1.30 bits per heavy atom. The predicted molar refractivity (Wildman–Crippen MR) is 85.2 cm³/mol. The Morgan fingerprint density at radius 3 is 2.61 bits per heavy atom. The van der Waals surface area contributed by atoms with E-state index in [9.17, 15) is 14.4 Å². The Labute approximate surface area is 134 Å².